The first kappa shape index (κ1) is 16.5. The second-order valence-electron chi connectivity index (χ2n) is 4.62. The van der Waals surface area contributed by atoms with Gasteiger partial charge in [-0.25, -0.2) is 4.68 Å². The molecule has 0 aliphatic heterocycles. The third kappa shape index (κ3) is 3.77. The molecule has 8 heteroatoms. The SMILES string of the molecule is S=c1oc(-c2ccccc2Br)nn1CNc1ccc(Cl)c(Cl)c1. The van der Waals surface area contributed by atoms with Crippen LogP contribution in [0.2, 0.25) is 10.0 Å². The molecule has 0 fully saturated rings. The van der Waals surface area contributed by atoms with Crippen LogP contribution in [0.4, 0.5) is 5.69 Å². The van der Waals surface area contributed by atoms with Gasteiger partial charge in [0.25, 0.3) is 4.84 Å². The smallest absolute Gasteiger partial charge is 0.289 e. The van der Waals surface area contributed by atoms with Crippen molar-refractivity contribution in [1.29, 1.82) is 0 Å². The van der Waals surface area contributed by atoms with Crippen LogP contribution in [0.5, 0.6) is 0 Å². The van der Waals surface area contributed by atoms with Gasteiger partial charge in [-0.05, 0) is 58.5 Å². The van der Waals surface area contributed by atoms with Gasteiger partial charge in [-0.2, -0.15) is 0 Å². The van der Waals surface area contributed by atoms with Gasteiger partial charge in [-0.1, -0.05) is 35.3 Å². The Balaban J connectivity index is 1.80. The minimum absolute atomic E-state index is 0.281. The number of anilines is 1. The maximum absolute atomic E-state index is 5.99. The van der Waals surface area contributed by atoms with E-state index in [9.17, 15) is 0 Å². The lowest BCUT2D eigenvalue weighted by Crippen LogP contribution is -2.09. The van der Waals surface area contributed by atoms with Crippen LogP contribution in [0.1, 0.15) is 0 Å². The second-order valence-corrected chi connectivity index (χ2v) is 6.63. The Morgan fingerprint density at radius 3 is 2.70 bits per heavy atom. The van der Waals surface area contributed by atoms with Gasteiger partial charge >= 0.3 is 0 Å². The molecule has 2 aromatic carbocycles. The minimum atomic E-state index is 0.281. The van der Waals surface area contributed by atoms with Crippen LogP contribution in [-0.2, 0) is 6.67 Å². The summed E-state index contributed by atoms with van der Waals surface area (Å²) < 4.78 is 8.01. The van der Waals surface area contributed by atoms with E-state index in [-0.39, 0.29) is 4.84 Å². The molecule has 118 valence electrons. The predicted molar refractivity (Wildman–Crippen MR) is 98.5 cm³/mol. The number of halogens is 3. The van der Waals surface area contributed by atoms with Crippen LogP contribution in [0.15, 0.2) is 51.4 Å². The Kier molecular flexibility index (Phi) is 5.06. The van der Waals surface area contributed by atoms with Crippen molar-refractivity contribution in [2.75, 3.05) is 5.32 Å². The number of nitrogens with zero attached hydrogens (tertiary/aromatic N) is 2. The van der Waals surface area contributed by atoms with Gasteiger partial charge in [0.05, 0.1) is 15.6 Å². The topological polar surface area (TPSA) is 43.0 Å². The molecule has 0 spiro atoms. The molecule has 1 heterocycles. The first-order chi connectivity index (χ1) is 11.0. The summed E-state index contributed by atoms with van der Waals surface area (Å²) >= 11 is 20.6. The van der Waals surface area contributed by atoms with Gasteiger partial charge in [0.1, 0.15) is 6.67 Å². The zero-order chi connectivity index (χ0) is 16.4. The van der Waals surface area contributed by atoms with Gasteiger partial charge in [-0.3, -0.25) is 0 Å². The van der Waals surface area contributed by atoms with Crippen molar-refractivity contribution >= 4 is 57.0 Å². The summed E-state index contributed by atoms with van der Waals surface area (Å²) in [6.07, 6.45) is 0. The molecular weight excluding hydrogens is 421 g/mol. The number of nitrogens with one attached hydrogen (secondary N) is 1. The molecule has 0 bridgehead atoms. The van der Waals surface area contributed by atoms with Crippen LogP contribution in [0.3, 0.4) is 0 Å². The van der Waals surface area contributed by atoms with Gasteiger partial charge in [0.15, 0.2) is 0 Å². The Bertz CT molecular complexity index is 910. The Labute approximate surface area is 156 Å². The molecule has 4 nitrogen and oxygen atoms in total. The highest BCUT2D eigenvalue weighted by Crippen LogP contribution is 2.27. The van der Waals surface area contributed by atoms with E-state index in [4.69, 9.17) is 39.8 Å². The van der Waals surface area contributed by atoms with Crippen molar-refractivity contribution in [1.82, 2.24) is 9.78 Å². The first-order valence-corrected chi connectivity index (χ1v) is 8.52. The molecule has 3 aromatic rings. The molecule has 3 rings (SSSR count). The van der Waals surface area contributed by atoms with Crippen LogP contribution >= 0.6 is 51.3 Å². The average Bonchev–Trinajstić information content (AvgIpc) is 2.90. The van der Waals surface area contributed by atoms with Gasteiger partial charge in [-0.15, -0.1) is 5.10 Å². The monoisotopic (exact) mass is 429 g/mol. The highest BCUT2D eigenvalue weighted by molar-refractivity contribution is 9.10. The highest BCUT2D eigenvalue weighted by Gasteiger charge is 2.11. The minimum Gasteiger partial charge on any atom is -0.409 e. The molecule has 0 saturated heterocycles. The van der Waals surface area contributed by atoms with Gasteiger partial charge in [0.2, 0.25) is 5.89 Å². The Hall–Kier alpha value is -1.34. The van der Waals surface area contributed by atoms with Crippen molar-refractivity contribution in [2.45, 2.75) is 6.67 Å². The molecule has 1 aromatic heterocycles. The molecule has 0 unspecified atom stereocenters. The lowest BCUT2D eigenvalue weighted by Gasteiger charge is -2.06. The van der Waals surface area contributed by atoms with Crippen LogP contribution in [-0.4, -0.2) is 9.78 Å². The summed E-state index contributed by atoms with van der Waals surface area (Å²) in [5.74, 6) is 0.457. The largest absolute Gasteiger partial charge is 0.409 e. The summed E-state index contributed by atoms with van der Waals surface area (Å²) in [6.45, 7) is 0.352. The quantitative estimate of drug-likeness (QED) is 0.514. The third-order valence-corrected chi connectivity index (χ3v) is 4.79. The van der Waals surface area contributed by atoms with E-state index in [1.807, 2.05) is 30.3 Å². The fourth-order valence-corrected chi connectivity index (χ4v) is 2.86. The zero-order valence-corrected chi connectivity index (χ0v) is 15.5. The van der Waals surface area contributed by atoms with Crippen LogP contribution in [0.25, 0.3) is 11.5 Å². The summed E-state index contributed by atoms with van der Waals surface area (Å²) in [6, 6.07) is 12.9. The lowest BCUT2D eigenvalue weighted by molar-refractivity contribution is 0.522. The van der Waals surface area contributed by atoms with E-state index in [1.165, 1.54) is 0 Å². The van der Waals surface area contributed by atoms with E-state index < -0.39 is 0 Å². The maximum Gasteiger partial charge on any atom is 0.289 e. The van der Waals surface area contributed by atoms with Crippen LogP contribution < -0.4 is 5.32 Å². The van der Waals surface area contributed by atoms with Crippen molar-refractivity contribution in [3.8, 4) is 11.5 Å². The van der Waals surface area contributed by atoms with Crippen molar-refractivity contribution in [3.05, 3.63) is 61.8 Å². The molecule has 0 radical (unpaired) electrons. The summed E-state index contributed by atoms with van der Waals surface area (Å²) in [5, 5.41) is 8.55. The number of hydrogen-bond acceptors (Lipinski definition) is 4. The molecule has 23 heavy (non-hydrogen) atoms. The predicted octanol–water partition coefficient (Wildman–Crippen LogP) is 6.01. The van der Waals surface area contributed by atoms with E-state index in [1.54, 1.807) is 16.8 Å². The molecule has 0 atom stereocenters. The lowest BCUT2D eigenvalue weighted by atomic mass is 10.2. The van der Waals surface area contributed by atoms with E-state index >= 15 is 0 Å². The third-order valence-electron chi connectivity index (χ3n) is 3.06. The Morgan fingerprint density at radius 1 is 1.17 bits per heavy atom. The van der Waals surface area contributed by atoms with Crippen LogP contribution in [0, 0.1) is 4.84 Å². The molecule has 0 saturated carbocycles. The number of benzene rings is 2. The number of hydrogen-bond donors (Lipinski definition) is 1. The average molecular weight is 431 g/mol. The molecular formula is C15H10BrCl2N3OS. The first-order valence-electron chi connectivity index (χ1n) is 6.56. The molecule has 1 N–H and O–H groups in total. The zero-order valence-electron chi connectivity index (χ0n) is 11.6. The second kappa shape index (κ2) is 7.05. The molecule has 0 amide bonds. The normalized spacial score (nSPS) is 10.7. The fourth-order valence-electron chi connectivity index (χ4n) is 1.92. The fraction of sp³-hybridized carbons (Fsp3) is 0.0667. The number of aromatic nitrogens is 2. The van der Waals surface area contributed by atoms with Crippen molar-refractivity contribution in [3.63, 3.8) is 0 Å². The summed E-state index contributed by atoms with van der Waals surface area (Å²) in [5.41, 5.74) is 1.65. The van der Waals surface area contributed by atoms with E-state index in [0.29, 0.717) is 22.6 Å². The van der Waals surface area contributed by atoms with Gasteiger partial charge in [0, 0.05) is 10.2 Å². The molecule has 0 aliphatic rings. The van der Waals surface area contributed by atoms with E-state index in [0.717, 1.165) is 15.7 Å². The van der Waals surface area contributed by atoms with Crippen molar-refractivity contribution < 1.29 is 4.42 Å². The standard InChI is InChI=1S/C15H10BrCl2N3OS/c16-11-4-2-1-3-10(11)14-20-21(15(23)22-14)8-19-9-5-6-12(17)13(18)7-9/h1-7,19H,8H2. The molecule has 0 aliphatic carbocycles. The highest BCUT2D eigenvalue weighted by atomic mass is 79.9. The summed E-state index contributed by atoms with van der Waals surface area (Å²) in [7, 11) is 0. The van der Waals surface area contributed by atoms with Gasteiger partial charge < -0.3 is 9.73 Å². The summed E-state index contributed by atoms with van der Waals surface area (Å²) in [4.78, 5) is 0.281. The van der Waals surface area contributed by atoms with Crippen molar-refractivity contribution in [2.24, 2.45) is 0 Å². The maximum atomic E-state index is 5.99. The Morgan fingerprint density at radius 2 is 1.96 bits per heavy atom. The van der Waals surface area contributed by atoms with E-state index in [2.05, 4.69) is 26.3 Å². The number of rotatable bonds is 4.